The number of amides is 1. The lowest BCUT2D eigenvalue weighted by Crippen LogP contribution is -2.39. The van der Waals surface area contributed by atoms with Crippen LogP contribution in [0.2, 0.25) is 0 Å². The fourth-order valence-corrected chi connectivity index (χ4v) is 3.26. The van der Waals surface area contributed by atoms with Crippen LogP contribution in [-0.2, 0) is 4.79 Å². The Kier molecular flexibility index (Phi) is 6.40. The summed E-state index contributed by atoms with van der Waals surface area (Å²) in [5.74, 6) is 0.700. The second kappa shape index (κ2) is 8.30. The van der Waals surface area contributed by atoms with Crippen LogP contribution < -0.4 is 5.32 Å². The smallest absolute Gasteiger partial charge is 0.223 e. The van der Waals surface area contributed by atoms with Crippen molar-refractivity contribution in [1.82, 2.24) is 10.2 Å². The molecule has 1 unspecified atom stereocenters. The van der Waals surface area contributed by atoms with Crippen molar-refractivity contribution in [3.8, 4) is 0 Å². The highest BCUT2D eigenvalue weighted by atomic mass is 16.3. The zero-order valence-electron chi connectivity index (χ0n) is 13.7. The molecular weight excluding hydrogens is 276 g/mol. The maximum atomic E-state index is 12.1. The lowest BCUT2D eigenvalue weighted by atomic mass is 9.85. The highest BCUT2D eigenvalue weighted by molar-refractivity contribution is 5.77. The Hall–Kier alpha value is -1.39. The van der Waals surface area contributed by atoms with E-state index in [1.54, 1.807) is 0 Å². The zero-order valence-corrected chi connectivity index (χ0v) is 13.7. The standard InChI is InChI=1S/C18H28N2O2/c1-20(2)13-14-8-10-16(11-9-14)19-18(22)12-17(21)15-6-4-3-5-7-15/h3-7,14,16-17,21H,8-13H2,1-2H3,(H,19,22). The quantitative estimate of drug-likeness (QED) is 0.848. The van der Waals surface area contributed by atoms with Crippen LogP contribution in [0, 0.1) is 5.92 Å². The Morgan fingerprint density at radius 3 is 2.45 bits per heavy atom. The van der Waals surface area contributed by atoms with E-state index in [4.69, 9.17) is 0 Å². The van der Waals surface area contributed by atoms with E-state index in [1.807, 2.05) is 30.3 Å². The topological polar surface area (TPSA) is 52.6 Å². The summed E-state index contributed by atoms with van der Waals surface area (Å²) in [4.78, 5) is 14.3. The number of hydrogen-bond donors (Lipinski definition) is 2. The van der Waals surface area contributed by atoms with E-state index in [1.165, 1.54) is 12.8 Å². The number of aliphatic hydroxyl groups is 1. The van der Waals surface area contributed by atoms with Gasteiger partial charge in [0, 0.05) is 12.6 Å². The Morgan fingerprint density at radius 2 is 1.86 bits per heavy atom. The molecule has 2 N–H and O–H groups in total. The largest absolute Gasteiger partial charge is 0.388 e. The van der Waals surface area contributed by atoms with Gasteiger partial charge in [-0.3, -0.25) is 4.79 Å². The molecule has 2 rings (SSSR count). The molecule has 1 aromatic rings. The third-order valence-corrected chi connectivity index (χ3v) is 4.40. The molecule has 122 valence electrons. The fraction of sp³-hybridized carbons (Fsp3) is 0.611. The molecule has 1 aliphatic rings. The number of aliphatic hydroxyl groups excluding tert-OH is 1. The molecule has 0 aromatic heterocycles. The summed E-state index contributed by atoms with van der Waals surface area (Å²) >= 11 is 0. The van der Waals surface area contributed by atoms with Crippen molar-refractivity contribution < 1.29 is 9.90 Å². The van der Waals surface area contributed by atoms with Crippen molar-refractivity contribution in [2.45, 2.75) is 44.2 Å². The lowest BCUT2D eigenvalue weighted by Gasteiger charge is -2.30. The molecule has 0 heterocycles. The molecule has 0 bridgehead atoms. The van der Waals surface area contributed by atoms with E-state index in [2.05, 4.69) is 24.3 Å². The first kappa shape index (κ1) is 17.0. The number of hydrogen-bond acceptors (Lipinski definition) is 3. The normalized spacial score (nSPS) is 23.3. The van der Waals surface area contributed by atoms with Gasteiger partial charge in [-0.1, -0.05) is 30.3 Å². The number of nitrogens with one attached hydrogen (secondary N) is 1. The third kappa shape index (κ3) is 5.43. The molecule has 0 saturated heterocycles. The molecule has 22 heavy (non-hydrogen) atoms. The molecular formula is C18H28N2O2. The first-order valence-corrected chi connectivity index (χ1v) is 8.21. The van der Waals surface area contributed by atoms with Crippen molar-refractivity contribution in [3.05, 3.63) is 35.9 Å². The van der Waals surface area contributed by atoms with Crippen molar-refractivity contribution in [3.63, 3.8) is 0 Å². The highest BCUT2D eigenvalue weighted by Crippen LogP contribution is 2.25. The zero-order chi connectivity index (χ0) is 15.9. The Bertz CT molecular complexity index is 453. The Labute approximate surface area is 133 Å². The average molecular weight is 304 g/mol. The Balaban J connectivity index is 1.72. The van der Waals surface area contributed by atoms with E-state index in [0.29, 0.717) is 0 Å². The van der Waals surface area contributed by atoms with Gasteiger partial charge in [-0.25, -0.2) is 0 Å². The van der Waals surface area contributed by atoms with Crippen LogP contribution in [0.3, 0.4) is 0 Å². The second-order valence-electron chi connectivity index (χ2n) is 6.68. The molecule has 1 atom stereocenters. The van der Waals surface area contributed by atoms with E-state index in [0.717, 1.165) is 30.9 Å². The monoisotopic (exact) mass is 304 g/mol. The van der Waals surface area contributed by atoms with Gasteiger partial charge in [0.05, 0.1) is 12.5 Å². The van der Waals surface area contributed by atoms with Crippen LogP contribution in [0.25, 0.3) is 0 Å². The molecule has 1 saturated carbocycles. The van der Waals surface area contributed by atoms with Crippen molar-refractivity contribution >= 4 is 5.91 Å². The van der Waals surface area contributed by atoms with Gasteiger partial charge in [0.2, 0.25) is 5.91 Å². The summed E-state index contributed by atoms with van der Waals surface area (Å²) in [6, 6.07) is 9.64. The highest BCUT2D eigenvalue weighted by Gasteiger charge is 2.23. The lowest BCUT2D eigenvalue weighted by molar-refractivity contribution is -0.124. The van der Waals surface area contributed by atoms with Gasteiger partial charge in [0.15, 0.2) is 0 Å². The molecule has 4 nitrogen and oxygen atoms in total. The number of carbonyl (C=O) groups is 1. The van der Waals surface area contributed by atoms with Crippen molar-refractivity contribution in [2.24, 2.45) is 5.92 Å². The van der Waals surface area contributed by atoms with Crippen LogP contribution in [-0.4, -0.2) is 42.6 Å². The van der Waals surface area contributed by atoms with E-state index in [9.17, 15) is 9.90 Å². The van der Waals surface area contributed by atoms with Gasteiger partial charge in [-0.05, 0) is 51.3 Å². The predicted molar refractivity (Wildman–Crippen MR) is 88.5 cm³/mol. The molecule has 0 aliphatic heterocycles. The summed E-state index contributed by atoms with van der Waals surface area (Å²) in [5, 5.41) is 13.2. The SMILES string of the molecule is CN(C)CC1CCC(NC(=O)CC(O)c2ccccc2)CC1. The van der Waals surface area contributed by atoms with Gasteiger partial charge >= 0.3 is 0 Å². The van der Waals surface area contributed by atoms with Gasteiger partial charge in [0.25, 0.3) is 0 Å². The summed E-state index contributed by atoms with van der Waals surface area (Å²) in [7, 11) is 4.22. The van der Waals surface area contributed by atoms with E-state index < -0.39 is 6.10 Å². The molecule has 1 amide bonds. The predicted octanol–water partition coefficient (Wildman–Crippen LogP) is 2.35. The van der Waals surface area contributed by atoms with Crippen LogP contribution in [0.15, 0.2) is 30.3 Å². The first-order chi connectivity index (χ1) is 10.5. The average Bonchev–Trinajstić information content (AvgIpc) is 2.49. The van der Waals surface area contributed by atoms with Gasteiger partial charge in [0.1, 0.15) is 0 Å². The van der Waals surface area contributed by atoms with Crippen LogP contribution in [0.1, 0.15) is 43.8 Å². The molecule has 4 heteroatoms. The minimum Gasteiger partial charge on any atom is -0.388 e. The summed E-state index contributed by atoms with van der Waals surface area (Å²) < 4.78 is 0. The fourth-order valence-electron chi connectivity index (χ4n) is 3.26. The molecule has 0 spiro atoms. The first-order valence-electron chi connectivity index (χ1n) is 8.21. The maximum absolute atomic E-state index is 12.1. The van der Waals surface area contributed by atoms with E-state index in [-0.39, 0.29) is 18.4 Å². The van der Waals surface area contributed by atoms with Crippen LogP contribution in [0.5, 0.6) is 0 Å². The Morgan fingerprint density at radius 1 is 1.23 bits per heavy atom. The van der Waals surface area contributed by atoms with Crippen molar-refractivity contribution in [2.75, 3.05) is 20.6 Å². The van der Waals surface area contributed by atoms with E-state index >= 15 is 0 Å². The minimum atomic E-state index is -0.716. The van der Waals surface area contributed by atoms with Gasteiger partial charge in [-0.15, -0.1) is 0 Å². The third-order valence-electron chi connectivity index (χ3n) is 4.40. The summed E-state index contributed by atoms with van der Waals surface area (Å²) in [5.41, 5.74) is 0.798. The van der Waals surface area contributed by atoms with Crippen LogP contribution >= 0.6 is 0 Å². The summed E-state index contributed by atoms with van der Waals surface area (Å²) in [6.07, 6.45) is 3.86. The molecule has 1 fully saturated rings. The van der Waals surface area contributed by atoms with Crippen molar-refractivity contribution in [1.29, 1.82) is 0 Å². The number of rotatable bonds is 6. The minimum absolute atomic E-state index is 0.0487. The molecule has 1 aliphatic carbocycles. The second-order valence-corrected chi connectivity index (χ2v) is 6.68. The molecule has 1 aromatic carbocycles. The van der Waals surface area contributed by atoms with Crippen LogP contribution in [0.4, 0.5) is 0 Å². The van der Waals surface area contributed by atoms with Gasteiger partial charge in [-0.2, -0.15) is 0 Å². The number of nitrogens with zero attached hydrogens (tertiary/aromatic N) is 1. The maximum Gasteiger partial charge on any atom is 0.223 e. The molecule has 0 radical (unpaired) electrons. The number of carbonyl (C=O) groups excluding carboxylic acids is 1. The van der Waals surface area contributed by atoms with Gasteiger partial charge < -0.3 is 15.3 Å². The number of benzene rings is 1. The summed E-state index contributed by atoms with van der Waals surface area (Å²) in [6.45, 7) is 1.13.